The molecule has 0 saturated carbocycles. The minimum atomic E-state index is -4.05. The number of piperidine rings is 1. The first-order chi connectivity index (χ1) is 14.2. The van der Waals surface area contributed by atoms with Crippen LogP contribution in [-0.2, 0) is 21.3 Å². The molecule has 2 heterocycles. The molecule has 0 N–H and O–H groups in total. The Labute approximate surface area is 191 Å². The van der Waals surface area contributed by atoms with Gasteiger partial charge in [-0.25, -0.2) is 17.2 Å². The summed E-state index contributed by atoms with van der Waals surface area (Å²) in [5, 5.41) is 0. The minimum Gasteiger partial charge on any atom is -0.358 e. The van der Waals surface area contributed by atoms with Crippen LogP contribution >= 0.6 is 31.9 Å². The molecule has 2 saturated heterocycles. The Morgan fingerprint density at radius 3 is 2.23 bits per heavy atom. The highest BCUT2D eigenvalue weighted by Crippen LogP contribution is 2.39. The van der Waals surface area contributed by atoms with Crippen LogP contribution in [0.5, 0.6) is 0 Å². The standard InChI is InChI=1S/C20H20Br2F2N2O3S/c21-15-2-1-14(17(23)11-15)13-25-7-5-20(6-8-25)26(9-10-29-20)30(27,28)19-4-3-16(22)12-18(19)24/h1-4,11-12H,5-10,13H2. The molecule has 0 radical (unpaired) electrons. The van der Waals surface area contributed by atoms with Gasteiger partial charge in [0.1, 0.15) is 22.3 Å². The Kier molecular flexibility index (Phi) is 6.36. The summed E-state index contributed by atoms with van der Waals surface area (Å²) in [7, 11) is -4.05. The Bertz CT molecular complexity index is 1060. The molecule has 4 rings (SSSR count). The van der Waals surface area contributed by atoms with Crippen molar-refractivity contribution < 1.29 is 21.9 Å². The lowest BCUT2D eigenvalue weighted by Gasteiger charge is -2.42. The molecule has 2 aliphatic rings. The van der Waals surface area contributed by atoms with E-state index in [1.165, 1.54) is 22.5 Å². The topological polar surface area (TPSA) is 49.9 Å². The van der Waals surface area contributed by atoms with E-state index in [9.17, 15) is 17.2 Å². The zero-order valence-electron chi connectivity index (χ0n) is 16.0. The third-order valence-corrected chi connectivity index (χ3v) is 8.60. The van der Waals surface area contributed by atoms with Crippen LogP contribution in [0.2, 0.25) is 0 Å². The van der Waals surface area contributed by atoms with Gasteiger partial charge in [0.05, 0.1) is 6.61 Å². The lowest BCUT2D eigenvalue weighted by Crippen LogP contribution is -2.54. The summed E-state index contributed by atoms with van der Waals surface area (Å²) in [5.74, 6) is -1.08. The predicted molar refractivity (Wildman–Crippen MR) is 115 cm³/mol. The van der Waals surface area contributed by atoms with Gasteiger partial charge in [0, 0.05) is 53.5 Å². The molecule has 0 unspecified atom stereocenters. The fraction of sp³-hybridized carbons (Fsp3) is 0.400. The van der Waals surface area contributed by atoms with E-state index in [0.29, 0.717) is 47.0 Å². The Morgan fingerprint density at radius 2 is 1.60 bits per heavy atom. The summed E-state index contributed by atoms with van der Waals surface area (Å²) < 4.78 is 63.4. The highest BCUT2D eigenvalue weighted by Gasteiger charge is 2.51. The molecule has 162 valence electrons. The van der Waals surface area contributed by atoms with Crippen molar-refractivity contribution in [3.05, 3.63) is 62.5 Å². The fourth-order valence-corrected chi connectivity index (χ4v) is 6.52. The number of hydrogen-bond donors (Lipinski definition) is 0. The van der Waals surface area contributed by atoms with Gasteiger partial charge >= 0.3 is 0 Å². The molecule has 0 amide bonds. The van der Waals surface area contributed by atoms with Crippen LogP contribution in [0.1, 0.15) is 18.4 Å². The molecule has 5 nitrogen and oxygen atoms in total. The third kappa shape index (κ3) is 4.22. The van der Waals surface area contributed by atoms with Crippen molar-refractivity contribution in [1.82, 2.24) is 9.21 Å². The van der Waals surface area contributed by atoms with E-state index >= 15 is 0 Å². The van der Waals surface area contributed by atoms with Crippen LogP contribution in [0, 0.1) is 11.6 Å². The van der Waals surface area contributed by atoms with Crippen LogP contribution in [-0.4, -0.2) is 49.6 Å². The normalized spacial score (nSPS) is 20.1. The van der Waals surface area contributed by atoms with E-state index in [4.69, 9.17) is 4.74 Å². The number of likely N-dealkylation sites (tertiary alicyclic amines) is 1. The molecule has 2 aliphatic heterocycles. The van der Waals surface area contributed by atoms with Gasteiger partial charge in [0.25, 0.3) is 0 Å². The molecule has 0 bridgehead atoms. The van der Waals surface area contributed by atoms with Gasteiger partial charge in [-0.15, -0.1) is 0 Å². The summed E-state index contributed by atoms with van der Waals surface area (Å²) in [6, 6.07) is 8.89. The van der Waals surface area contributed by atoms with Crippen molar-refractivity contribution in [2.24, 2.45) is 0 Å². The number of nitrogens with zero attached hydrogens (tertiary/aromatic N) is 2. The van der Waals surface area contributed by atoms with Crippen LogP contribution in [0.15, 0.2) is 50.2 Å². The SMILES string of the molecule is O=S(=O)(c1ccc(Br)cc1F)N1CCOC12CCN(Cc1ccc(Br)cc1F)CC2. The maximum absolute atomic E-state index is 14.4. The number of ether oxygens (including phenoxy) is 1. The van der Waals surface area contributed by atoms with Crippen molar-refractivity contribution in [2.45, 2.75) is 30.0 Å². The van der Waals surface area contributed by atoms with Gasteiger partial charge in [0.15, 0.2) is 0 Å². The Hall–Kier alpha value is -0.910. The average molecular weight is 566 g/mol. The molecule has 0 aromatic heterocycles. The van der Waals surface area contributed by atoms with Gasteiger partial charge in [-0.1, -0.05) is 37.9 Å². The molecular weight excluding hydrogens is 546 g/mol. The summed E-state index contributed by atoms with van der Waals surface area (Å²) in [4.78, 5) is 1.72. The highest BCUT2D eigenvalue weighted by atomic mass is 79.9. The molecular formula is C20H20Br2F2N2O3S. The summed E-state index contributed by atoms with van der Waals surface area (Å²) >= 11 is 6.40. The molecule has 0 atom stereocenters. The maximum atomic E-state index is 14.4. The van der Waals surface area contributed by atoms with E-state index in [-0.39, 0.29) is 23.9 Å². The van der Waals surface area contributed by atoms with Crippen LogP contribution < -0.4 is 0 Å². The zero-order valence-corrected chi connectivity index (χ0v) is 19.9. The van der Waals surface area contributed by atoms with Crippen molar-refractivity contribution in [3.8, 4) is 0 Å². The van der Waals surface area contributed by atoms with Gasteiger partial charge in [0.2, 0.25) is 10.0 Å². The number of hydrogen-bond acceptors (Lipinski definition) is 4. The van der Waals surface area contributed by atoms with Crippen LogP contribution in [0.3, 0.4) is 0 Å². The zero-order chi connectivity index (χ0) is 21.5. The van der Waals surface area contributed by atoms with Crippen molar-refractivity contribution >= 4 is 41.9 Å². The van der Waals surface area contributed by atoms with Crippen LogP contribution in [0.25, 0.3) is 0 Å². The van der Waals surface area contributed by atoms with E-state index in [2.05, 4.69) is 36.8 Å². The molecule has 10 heteroatoms. The van der Waals surface area contributed by atoms with Gasteiger partial charge in [-0.05, 0) is 30.3 Å². The van der Waals surface area contributed by atoms with Crippen molar-refractivity contribution in [2.75, 3.05) is 26.2 Å². The van der Waals surface area contributed by atoms with Crippen molar-refractivity contribution in [3.63, 3.8) is 0 Å². The van der Waals surface area contributed by atoms with E-state index < -0.39 is 21.6 Å². The predicted octanol–water partition coefficient (Wildman–Crippen LogP) is 4.50. The Morgan fingerprint density at radius 1 is 0.967 bits per heavy atom. The number of sulfonamides is 1. The lowest BCUT2D eigenvalue weighted by atomic mass is 10.00. The maximum Gasteiger partial charge on any atom is 0.248 e. The quantitative estimate of drug-likeness (QED) is 0.547. The van der Waals surface area contributed by atoms with Gasteiger partial charge in [-0.3, -0.25) is 4.90 Å². The monoisotopic (exact) mass is 564 g/mol. The van der Waals surface area contributed by atoms with E-state index in [0.717, 1.165) is 6.07 Å². The largest absolute Gasteiger partial charge is 0.358 e. The first-order valence-electron chi connectivity index (χ1n) is 9.49. The smallest absolute Gasteiger partial charge is 0.248 e. The molecule has 1 spiro atoms. The fourth-order valence-electron chi connectivity index (χ4n) is 4.08. The number of benzene rings is 2. The van der Waals surface area contributed by atoms with E-state index in [1.54, 1.807) is 12.1 Å². The van der Waals surface area contributed by atoms with E-state index in [1.807, 2.05) is 0 Å². The molecule has 2 fully saturated rings. The summed E-state index contributed by atoms with van der Waals surface area (Å²) in [6.45, 7) is 1.97. The second-order valence-electron chi connectivity index (χ2n) is 7.46. The second-order valence-corrected chi connectivity index (χ2v) is 11.1. The second kappa shape index (κ2) is 8.55. The number of halogens is 4. The molecule has 2 aromatic rings. The minimum absolute atomic E-state index is 0.180. The first-order valence-corrected chi connectivity index (χ1v) is 12.5. The van der Waals surface area contributed by atoms with Gasteiger partial charge < -0.3 is 4.74 Å². The van der Waals surface area contributed by atoms with Crippen molar-refractivity contribution in [1.29, 1.82) is 0 Å². The first kappa shape index (κ1) is 22.3. The average Bonchev–Trinajstić information content (AvgIpc) is 3.09. The lowest BCUT2D eigenvalue weighted by molar-refractivity contribution is -0.0918. The molecule has 0 aliphatic carbocycles. The molecule has 2 aromatic carbocycles. The summed E-state index contributed by atoms with van der Waals surface area (Å²) in [6.07, 6.45) is 0.866. The molecule has 30 heavy (non-hydrogen) atoms. The summed E-state index contributed by atoms with van der Waals surface area (Å²) in [5.41, 5.74) is -0.407. The Balaban J connectivity index is 1.51. The highest BCUT2D eigenvalue weighted by molar-refractivity contribution is 9.10. The number of rotatable bonds is 4. The van der Waals surface area contributed by atoms with Crippen LogP contribution in [0.4, 0.5) is 8.78 Å². The van der Waals surface area contributed by atoms with Gasteiger partial charge in [-0.2, -0.15) is 4.31 Å². The third-order valence-electron chi connectivity index (χ3n) is 5.63.